The van der Waals surface area contributed by atoms with E-state index in [4.69, 9.17) is 0 Å². The van der Waals surface area contributed by atoms with Crippen molar-refractivity contribution in [1.82, 2.24) is 5.32 Å². The van der Waals surface area contributed by atoms with Crippen LogP contribution < -0.4 is 5.32 Å². The highest BCUT2D eigenvalue weighted by Gasteiger charge is 2.14. The Bertz CT molecular complexity index is 517. The third kappa shape index (κ3) is 7.43. The summed E-state index contributed by atoms with van der Waals surface area (Å²) in [6, 6.07) is 8.31. The van der Waals surface area contributed by atoms with Gasteiger partial charge < -0.3 is 5.32 Å². The summed E-state index contributed by atoms with van der Waals surface area (Å²) in [4.78, 5) is 0. The van der Waals surface area contributed by atoms with E-state index in [1.807, 2.05) is 12.1 Å². The average Bonchev–Trinajstić information content (AvgIpc) is 2.46. The van der Waals surface area contributed by atoms with Gasteiger partial charge in [-0.3, -0.25) is 0 Å². The highest BCUT2D eigenvalue weighted by atomic mass is 79.9. The molecule has 120 valence electrons. The van der Waals surface area contributed by atoms with E-state index in [1.165, 1.54) is 5.56 Å². The second-order valence-electron chi connectivity index (χ2n) is 5.33. The molecule has 0 aliphatic heterocycles. The molecule has 0 radical (unpaired) electrons. The van der Waals surface area contributed by atoms with Gasteiger partial charge in [0.1, 0.15) is 9.84 Å². The monoisotopic (exact) mass is 375 g/mol. The lowest BCUT2D eigenvalue weighted by molar-refractivity contribution is 0.538. The quantitative estimate of drug-likeness (QED) is 0.633. The van der Waals surface area contributed by atoms with Crippen molar-refractivity contribution in [3.63, 3.8) is 0 Å². The lowest BCUT2D eigenvalue weighted by atomic mass is 9.94. The molecule has 1 N–H and O–H groups in total. The zero-order valence-electron chi connectivity index (χ0n) is 12.9. The number of halogens is 1. The van der Waals surface area contributed by atoms with E-state index in [9.17, 15) is 8.42 Å². The molecule has 0 bridgehead atoms. The number of rotatable bonds is 10. The predicted octanol–water partition coefficient (Wildman–Crippen LogP) is 3.75. The fourth-order valence-electron chi connectivity index (χ4n) is 2.29. The van der Waals surface area contributed by atoms with Gasteiger partial charge in [-0.05, 0) is 49.4 Å². The van der Waals surface area contributed by atoms with Crippen LogP contribution in [0.4, 0.5) is 0 Å². The topological polar surface area (TPSA) is 46.2 Å². The molecule has 21 heavy (non-hydrogen) atoms. The fraction of sp³-hybridized carbons (Fsp3) is 0.625. The molecule has 0 aliphatic carbocycles. The van der Waals surface area contributed by atoms with Gasteiger partial charge in [0.15, 0.2) is 0 Å². The van der Waals surface area contributed by atoms with Crippen LogP contribution in [0.25, 0.3) is 0 Å². The lowest BCUT2D eigenvalue weighted by Gasteiger charge is -2.18. The molecule has 3 nitrogen and oxygen atoms in total. The SMILES string of the molecule is CCCNCC(CCCS(=O)(=O)CC)c1cccc(Br)c1. The minimum absolute atomic E-state index is 0.239. The minimum Gasteiger partial charge on any atom is -0.316 e. The molecule has 1 atom stereocenters. The molecule has 1 aromatic carbocycles. The largest absolute Gasteiger partial charge is 0.316 e. The summed E-state index contributed by atoms with van der Waals surface area (Å²) in [7, 11) is -2.86. The van der Waals surface area contributed by atoms with Crippen LogP contribution >= 0.6 is 15.9 Å². The summed E-state index contributed by atoms with van der Waals surface area (Å²) >= 11 is 3.51. The Morgan fingerprint density at radius 3 is 2.67 bits per heavy atom. The molecular weight excluding hydrogens is 350 g/mol. The van der Waals surface area contributed by atoms with Crippen molar-refractivity contribution in [3.8, 4) is 0 Å². The molecule has 0 heterocycles. The van der Waals surface area contributed by atoms with E-state index in [0.29, 0.717) is 11.7 Å². The van der Waals surface area contributed by atoms with Crippen molar-refractivity contribution in [3.05, 3.63) is 34.3 Å². The van der Waals surface area contributed by atoms with E-state index in [-0.39, 0.29) is 5.75 Å². The Morgan fingerprint density at radius 2 is 2.05 bits per heavy atom. The summed E-state index contributed by atoms with van der Waals surface area (Å²) in [6.07, 6.45) is 2.73. The molecule has 0 spiro atoms. The van der Waals surface area contributed by atoms with Crippen molar-refractivity contribution < 1.29 is 8.42 Å². The van der Waals surface area contributed by atoms with Crippen LogP contribution in [0, 0.1) is 0 Å². The first-order valence-electron chi connectivity index (χ1n) is 7.65. The van der Waals surface area contributed by atoms with E-state index < -0.39 is 9.84 Å². The number of nitrogens with one attached hydrogen (secondary N) is 1. The van der Waals surface area contributed by atoms with Gasteiger partial charge in [0.25, 0.3) is 0 Å². The summed E-state index contributed by atoms with van der Waals surface area (Å²) in [5.74, 6) is 0.894. The van der Waals surface area contributed by atoms with Gasteiger partial charge in [-0.1, -0.05) is 41.9 Å². The number of hydrogen-bond acceptors (Lipinski definition) is 3. The Hall–Kier alpha value is -0.390. The fourth-order valence-corrected chi connectivity index (χ4v) is 3.61. The van der Waals surface area contributed by atoms with Gasteiger partial charge in [-0.15, -0.1) is 0 Å². The van der Waals surface area contributed by atoms with Gasteiger partial charge in [-0.2, -0.15) is 0 Å². The molecule has 1 rings (SSSR count). The van der Waals surface area contributed by atoms with Gasteiger partial charge in [0.2, 0.25) is 0 Å². The van der Waals surface area contributed by atoms with Gasteiger partial charge in [0.05, 0.1) is 5.75 Å². The highest BCUT2D eigenvalue weighted by Crippen LogP contribution is 2.24. The average molecular weight is 376 g/mol. The maximum atomic E-state index is 11.6. The smallest absolute Gasteiger partial charge is 0.150 e. The van der Waals surface area contributed by atoms with E-state index >= 15 is 0 Å². The summed E-state index contributed by atoms with van der Waals surface area (Å²) in [6.45, 7) is 5.76. The van der Waals surface area contributed by atoms with E-state index in [1.54, 1.807) is 6.92 Å². The Balaban J connectivity index is 2.64. The standard InChI is InChI=1S/C16H26BrNO2S/c1-3-10-18-13-15(8-6-11-21(19,20)4-2)14-7-5-9-16(17)12-14/h5,7,9,12,15,18H,3-4,6,8,10-11,13H2,1-2H3. The van der Waals surface area contributed by atoms with Crippen LogP contribution in [0.15, 0.2) is 28.7 Å². The zero-order chi connectivity index (χ0) is 15.7. The second kappa shape index (κ2) is 9.59. The van der Waals surface area contributed by atoms with E-state index in [0.717, 1.165) is 36.8 Å². The molecule has 0 amide bonds. The van der Waals surface area contributed by atoms with Gasteiger partial charge >= 0.3 is 0 Å². The van der Waals surface area contributed by atoms with Gasteiger partial charge in [-0.25, -0.2) is 8.42 Å². The van der Waals surface area contributed by atoms with E-state index in [2.05, 4.69) is 40.3 Å². The predicted molar refractivity (Wildman–Crippen MR) is 93.6 cm³/mol. The van der Waals surface area contributed by atoms with Crippen LogP contribution in [-0.2, 0) is 9.84 Å². The minimum atomic E-state index is -2.86. The molecule has 0 saturated heterocycles. The molecular formula is C16H26BrNO2S. The summed E-state index contributed by atoms with van der Waals surface area (Å²) in [5, 5.41) is 3.45. The second-order valence-corrected chi connectivity index (χ2v) is 8.72. The Morgan fingerprint density at radius 1 is 1.29 bits per heavy atom. The van der Waals surface area contributed by atoms with Crippen molar-refractivity contribution in [2.45, 2.75) is 39.0 Å². The lowest BCUT2D eigenvalue weighted by Crippen LogP contribution is -2.23. The molecule has 5 heteroatoms. The summed E-state index contributed by atoms with van der Waals surface area (Å²) < 4.78 is 24.3. The van der Waals surface area contributed by atoms with Crippen molar-refractivity contribution in [1.29, 1.82) is 0 Å². The van der Waals surface area contributed by atoms with Crippen LogP contribution in [-0.4, -0.2) is 33.0 Å². The number of hydrogen-bond donors (Lipinski definition) is 1. The maximum absolute atomic E-state index is 11.6. The van der Waals surface area contributed by atoms with Crippen molar-refractivity contribution >= 4 is 25.8 Å². The van der Waals surface area contributed by atoms with Crippen LogP contribution in [0.1, 0.15) is 44.6 Å². The third-order valence-electron chi connectivity index (χ3n) is 3.59. The van der Waals surface area contributed by atoms with Gasteiger partial charge in [0, 0.05) is 16.8 Å². The third-order valence-corrected chi connectivity index (χ3v) is 5.87. The first kappa shape index (κ1) is 18.7. The van der Waals surface area contributed by atoms with Crippen molar-refractivity contribution in [2.75, 3.05) is 24.6 Å². The molecule has 1 aromatic rings. The Kier molecular flexibility index (Phi) is 8.52. The first-order chi connectivity index (χ1) is 9.98. The normalized spacial score (nSPS) is 13.3. The first-order valence-corrected chi connectivity index (χ1v) is 10.3. The number of benzene rings is 1. The summed E-state index contributed by atoms with van der Waals surface area (Å²) in [5.41, 5.74) is 1.27. The van der Waals surface area contributed by atoms with Crippen LogP contribution in [0.5, 0.6) is 0 Å². The molecule has 0 fully saturated rings. The molecule has 0 saturated carbocycles. The zero-order valence-corrected chi connectivity index (χ0v) is 15.3. The van der Waals surface area contributed by atoms with Crippen LogP contribution in [0.2, 0.25) is 0 Å². The Labute approximate surface area is 137 Å². The molecule has 1 unspecified atom stereocenters. The van der Waals surface area contributed by atoms with Crippen molar-refractivity contribution in [2.24, 2.45) is 0 Å². The molecule has 0 aromatic heterocycles. The van der Waals surface area contributed by atoms with Crippen LogP contribution in [0.3, 0.4) is 0 Å². The molecule has 0 aliphatic rings. The highest BCUT2D eigenvalue weighted by molar-refractivity contribution is 9.10. The maximum Gasteiger partial charge on any atom is 0.150 e. The number of sulfone groups is 1.